The van der Waals surface area contributed by atoms with Crippen LogP contribution in [0.5, 0.6) is 0 Å². The molecule has 11 heavy (non-hydrogen) atoms. The molecule has 2 atom stereocenters. The predicted molar refractivity (Wildman–Crippen MR) is 33.5 cm³/mol. The van der Waals surface area contributed by atoms with Crippen LogP contribution < -0.4 is 5.32 Å². The first-order valence-corrected chi connectivity index (χ1v) is 3.17. The molecular formula is C6H8FNO3. The quantitative estimate of drug-likeness (QED) is 0.522. The molecule has 0 unspecified atom stereocenters. The first-order valence-electron chi connectivity index (χ1n) is 3.17. The van der Waals surface area contributed by atoms with Gasteiger partial charge in [0.25, 0.3) is 5.91 Å². The number of esters is 1. The van der Waals surface area contributed by atoms with Gasteiger partial charge in [0, 0.05) is 6.42 Å². The first-order chi connectivity index (χ1) is 5.15. The summed E-state index contributed by atoms with van der Waals surface area (Å²) in [4.78, 5) is 21.2. The lowest BCUT2D eigenvalue weighted by molar-refractivity contribution is -0.143. The number of alkyl halides is 1. The van der Waals surface area contributed by atoms with Gasteiger partial charge in [0.1, 0.15) is 6.04 Å². The molecule has 0 aromatic heterocycles. The van der Waals surface area contributed by atoms with Crippen LogP contribution in [0.3, 0.4) is 0 Å². The topological polar surface area (TPSA) is 55.4 Å². The highest BCUT2D eigenvalue weighted by atomic mass is 19.1. The summed E-state index contributed by atoms with van der Waals surface area (Å²) in [6.07, 6.45) is -1.69. The van der Waals surface area contributed by atoms with Gasteiger partial charge in [-0.15, -0.1) is 0 Å². The van der Waals surface area contributed by atoms with Crippen LogP contribution in [-0.4, -0.2) is 31.2 Å². The van der Waals surface area contributed by atoms with Crippen LogP contribution in [0.2, 0.25) is 0 Å². The zero-order valence-corrected chi connectivity index (χ0v) is 5.96. The number of carbonyl (C=O) groups excluding carboxylic acids is 2. The Hall–Kier alpha value is -1.13. The molecule has 5 heteroatoms. The molecule has 0 aromatic carbocycles. The van der Waals surface area contributed by atoms with Gasteiger partial charge in [0.15, 0.2) is 6.17 Å². The molecule has 4 nitrogen and oxygen atoms in total. The van der Waals surface area contributed by atoms with Gasteiger partial charge in [-0.25, -0.2) is 9.18 Å². The predicted octanol–water partition coefficient (Wildman–Crippen LogP) is -0.614. The van der Waals surface area contributed by atoms with Crippen LogP contribution in [0.4, 0.5) is 4.39 Å². The summed E-state index contributed by atoms with van der Waals surface area (Å²) >= 11 is 0. The van der Waals surface area contributed by atoms with E-state index in [0.717, 1.165) is 0 Å². The van der Waals surface area contributed by atoms with Crippen molar-refractivity contribution in [2.24, 2.45) is 0 Å². The van der Waals surface area contributed by atoms with Crippen molar-refractivity contribution < 1.29 is 18.7 Å². The van der Waals surface area contributed by atoms with E-state index in [9.17, 15) is 14.0 Å². The monoisotopic (exact) mass is 161 g/mol. The second-order valence-corrected chi connectivity index (χ2v) is 2.29. The van der Waals surface area contributed by atoms with Gasteiger partial charge < -0.3 is 10.1 Å². The van der Waals surface area contributed by atoms with Gasteiger partial charge in [0.2, 0.25) is 0 Å². The maximum atomic E-state index is 12.4. The summed E-state index contributed by atoms with van der Waals surface area (Å²) in [7, 11) is 1.19. The Balaban J connectivity index is 2.53. The summed E-state index contributed by atoms with van der Waals surface area (Å²) in [6.45, 7) is 0. The van der Waals surface area contributed by atoms with Crippen molar-refractivity contribution in [3.05, 3.63) is 0 Å². The van der Waals surface area contributed by atoms with E-state index in [4.69, 9.17) is 0 Å². The van der Waals surface area contributed by atoms with Crippen LogP contribution in [0.1, 0.15) is 6.42 Å². The summed E-state index contributed by atoms with van der Waals surface area (Å²) in [5, 5.41) is 2.17. The number of rotatable bonds is 1. The molecular weight excluding hydrogens is 153 g/mol. The summed E-state index contributed by atoms with van der Waals surface area (Å²) in [6, 6.07) is -0.803. The second-order valence-electron chi connectivity index (χ2n) is 2.29. The van der Waals surface area contributed by atoms with Crippen LogP contribution in [0, 0.1) is 0 Å². The van der Waals surface area contributed by atoms with Crippen LogP contribution in [0.25, 0.3) is 0 Å². The van der Waals surface area contributed by atoms with Gasteiger partial charge >= 0.3 is 5.97 Å². The largest absolute Gasteiger partial charge is 0.467 e. The Morgan fingerprint density at radius 2 is 2.45 bits per heavy atom. The van der Waals surface area contributed by atoms with Crippen molar-refractivity contribution in [1.82, 2.24) is 5.32 Å². The third kappa shape index (κ3) is 1.47. The molecule has 1 aliphatic heterocycles. The van der Waals surface area contributed by atoms with Crippen LogP contribution in [0.15, 0.2) is 0 Å². The molecule has 0 bridgehead atoms. The van der Waals surface area contributed by atoms with E-state index in [-0.39, 0.29) is 6.42 Å². The molecule has 1 amide bonds. The van der Waals surface area contributed by atoms with Gasteiger partial charge in [-0.1, -0.05) is 0 Å². The summed E-state index contributed by atoms with van der Waals surface area (Å²) < 4.78 is 16.8. The zero-order valence-electron chi connectivity index (χ0n) is 5.96. The Labute approximate surface area is 62.7 Å². The van der Waals surface area contributed by atoms with Crippen molar-refractivity contribution in [3.8, 4) is 0 Å². The Bertz CT molecular complexity index is 194. The second kappa shape index (κ2) is 2.86. The highest BCUT2D eigenvalue weighted by Gasteiger charge is 2.36. The number of nitrogens with one attached hydrogen (secondary N) is 1. The fraction of sp³-hybridized carbons (Fsp3) is 0.667. The molecule has 0 saturated carbocycles. The van der Waals surface area contributed by atoms with Gasteiger partial charge in [-0.2, -0.15) is 0 Å². The molecule has 0 spiro atoms. The number of methoxy groups -OCH3 is 1. The standard InChI is InChI=1S/C6H8FNO3/c1-11-6(10)4-2-3(7)5(9)8-4/h3-4H,2H2,1H3,(H,8,9)/t3-,4-/m1/s1. The molecule has 1 heterocycles. The van der Waals surface area contributed by atoms with E-state index in [0.29, 0.717) is 0 Å². The number of halogens is 1. The minimum Gasteiger partial charge on any atom is -0.467 e. The van der Waals surface area contributed by atoms with E-state index in [1.807, 2.05) is 0 Å². The molecule has 0 radical (unpaired) electrons. The minimum absolute atomic E-state index is 0.120. The average molecular weight is 161 g/mol. The maximum absolute atomic E-state index is 12.4. The van der Waals surface area contributed by atoms with Crippen molar-refractivity contribution in [2.45, 2.75) is 18.6 Å². The molecule has 1 N–H and O–H groups in total. The van der Waals surface area contributed by atoms with Crippen LogP contribution >= 0.6 is 0 Å². The third-order valence-corrected chi connectivity index (χ3v) is 1.53. The van der Waals surface area contributed by atoms with E-state index < -0.39 is 24.1 Å². The lowest BCUT2D eigenvalue weighted by Crippen LogP contribution is -2.34. The fourth-order valence-electron chi connectivity index (χ4n) is 0.932. The Kier molecular flexibility index (Phi) is 2.07. The lowest BCUT2D eigenvalue weighted by atomic mass is 10.2. The smallest absolute Gasteiger partial charge is 0.328 e. The van der Waals surface area contributed by atoms with E-state index in [1.54, 1.807) is 0 Å². The molecule has 0 aromatic rings. The van der Waals surface area contributed by atoms with Crippen molar-refractivity contribution in [3.63, 3.8) is 0 Å². The molecule has 1 saturated heterocycles. The van der Waals surface area contributed by atoms with Crippen molar-refractivity contribution in [1.29, 1.82) is 0 Å². The number of hydrogen-bond donors (Lipinski definition) is 1. The maximum Gasteiger partial charge on any atom is 0.328 e. The molecule has 62 valence electrons. The van der Waals surface area contributed by atoms with E-state index in [1.165, 1.54) is 7.11 Å². The lowest BCUT2D eigenvalue weighted by Gasteiger charge is -2.04. The first kappa shape index (κ1) is 7.97. The van der Waals surface area contributed by atoms with Gasteiger partial charge in [-0.05, 0) is 0 Å². The van der Waals surface area contributed by atoms with E-state index in [2.05, 4.69) is 10.1 Å². The molecule has 1 aliphatic rings. The summed E-state index contributed by atoms with van der Waals surface area (Å²) in [5.41, 5.74) is 0. The molecule has 0 aliphatic carbocycles. The Morgan fingerprint density at radius 3 is 2.82 bits per heavy atom. The van der Waals surface area contributed by atoms with Crippen molar-refractivity contribution >= 4 is 11.9 Å². The Morgan fingerprint density at radius 1 is 1.82 bits per heavy atom. The number of hydrogen-bond acceptors (Lipinski definition) is 3. The number of ether oxygens (including phenoxy) is 1. The minimum atomic E-state index is -1.57. The average Bonchev–Trinajstić information content (AvgIpc) is 2.31. The molecule has 1 fully saturated rings. The fourth-order valence-corrected chi connectivity index (χ4v) is 0.932. The van der Waals surface area contributed by atoms with Crippen molar-refractivity contribution in [2.75, 3.05) is 7.11 Å². The van der Waals surface area contributed by atoms with Gasteiger partial charge in [-0.3, -0.25) is 4.79 Å². The number of carbonyl (C=O) groups is 2. The van der Waals surface area contributed by atoms with Gasteiger partial charge in [0.05, 0.1) is 7.11 Å². The summed E-state index contributed by atoms with van der Waals surface area (Å²) in [5.74, 6) is -1.33. The molecule has 1 rings (SSSR count). The highest BCUT2D eigenvalue weighted by molar-refractivity contribution is 5.90. The third-order valence-electron chi connectivity index (χ3n) is 1.53. The highest BCUT2D eigenvalue weighted by Crippen LogP contribution is 2.11. The SMILES string of the molecule is COC(=O)[C@H]1C[C@@H](F)C(=O)N1. The van der Waals surface area contributed by atoms with E-state index >= 15 is 0 Å². The normalized spacial score (nSPS) is 29.8. The zero-order chi connectivity index (χ0) is 8.43. The number of amides is 1. The van der Waals surface area contributed by atoms with Crippen LogP contribution in [-0.2, 0) is 14.3 Å².